The van der Waals surface area contributed by atoms with Crippen molar-refractivity contribution in [1.82, 2.24) is 9.97 Å². The van der Waals surface area contributed by atoms with Crippen LogP contribution in [0.1, 0.15) is 19.8 Å². The van der Waals surface area contributed by atoms with Gasteiger partial charge in [-0.15, -0.1) is 0 Å². The lowest BCUT2D eigenvalue weighted by molar-refractivity contribution is 0.604. The molecule has 1 unspecified atom stereocenters. The van der Waals surface area contributed by atoms with E-state index in [-0.39, 0.29) is 10.6 Å². The predicted molar refractivity (Wildman–Crippen MR) is 70.1 cm³/mol. The van der Waals surface area contributed by atoms with E-state index >= 15 is 0 Å². The number of rotatable bonds is 4. The Bertz CT molecular complexity index is 393. The summed E-state index contributed by atoms with van der Waals surface area (Å²) in [5.41, 5.74) is 0. The lowest BCUT2D eigenvalue weighted by Crippen LogP contribution is -2.27. The number of hydrogen-bond donors (Lipinski definition) is 2. The molecule has 6 heteroatoms. The minimum absolute atomic E-state index is 0.192. The first-order valence-electron chi connectivity index (χ1n) is 5.71. The highest BCUT2D eigenvalue weighted by atomic mass is 32.2. The van der Waals surface area contributed by atoms with Gasteiger partial charge in [-0.2, -0.15) is 16.7 Å². The van der Waals surface area contributed by atoms with Crippen molar-refractivity contribution in [2.45, 2.75) is 24.5 Å². The molecule has 2 rings (SSSR count). The summed E-state index contributed by atoms with van der Waals surface area (Å²) in [7, 11) is 1.71. The van der Waals surface area contributed by atoms with Gasteiger partial charge in [-0.3, -0.25) is 0 Å². The molecule has 2 N–H and O–H groups in total. The van der Waals surface area contributed by atoms with Crippen LogP contribution in [0.2, 0.25) is 0 Å². The highest BCUT2D eigenvalue weighted by molar-refractivity contribution is 8.00. The van der Waals surface area contributed by atoms with Gasteiger partial charge in [0, 0.05) is 18.3 Å². The van der Waals surface area contributed by atoms with E-state index in [1.807, 2.05) is 11.8 Å². The van der Waals surface area contributed by atoms with E-state index in [2.05, 4.69) is 27.5 Å². The Balaban J connectivity index is 2.02. The van der Waals surface area contributed by atoms with E-state index in [4.69, 9.17) is 0 Å². The van der Waals surface area contributed by atoms with Gasteiger partial charge in [-0.05, 0) is 25.5 Å². The zero-order valence-electron chi connectivity index (χ0n) is 10.1. The van der Waals surface area contributed by atoms with E-state index in [0.717, 1.165) is 13.0 Å². The van der Waals surface area contributed by atoms with Gasteiger partial charge in [0.15, 0.2) is 11.6 Å². The molecule has 0 saturated carbocycles. The van der Waals surface area contributed by atoms with Crippen molar-refractivity contribution in [2.75, 3.05) is 30.0 Å². The van der Waals surface area contributed by atoms with Crippen LogP contribution in [0.4, 0.5) is 16.2 Å². The van der Waals surface area contributed by atoms with Gasteiger partial charge in [-0.1, -0.05) is 0 Å². The highest BCUT2D eigenvalue weighted by Crippen LogP contribution is 2.37. The Hall–Kier alpha value is -1.04. The molecular weight excluding hydrogens is 239 g/mol. The van der Waals surface area contributed by atoms with Gasteiger partial charge >= 0.3 is 0 Å². The molecule has 94 valence electrons. The highest BCUT2D eigenvalue weighted by Gasteiger charge is 2.29. The van der Waals surface area contributed by atoms with Crippen molar-refractivity contribution < 1.29 is 4.39 Å². The second-order valence-corrected chi connectivity index (χ2v) is 6.08. The van der Waals surface area contributed by atoms with Crippen LogP contribution in [-0.2, 0) is 0 Å². The van der Waals surface area contributed by atoms with E-state index in [1.54, 1.807) is 7.05 Å². The molecule has 0 amide bonds. The summed E-state index contributed by atoms with van der Waals surface area (Å²) in [6.07, 6.45) is 3.58. The van der Waals surface area contributed by atoms with E-state index in [9.17, 15) is 4.39 Å². The first-order chi connectivity index (χ1) is 8.13. The van der Waals surface area contributed by atoms with E-state index in [0.29, 0.717) is 5.95 Å². The first kappa shape index (κ1) is 12.4. The molecule has 0 spiro atoms. The Morgan fingerprint density at radius 1 is 1.59 bits per heavy atom. The van der Waals surface area contributed by atoms with Crippen molar-refractivity contribution in [2.24, 2.45) is 0 Å². The normalized spacial score (nSPS) is 23.7. The van der Waals surface area contributed by atoms with Gasteiger partial charge < -0.3 is 10.6 Å². The lowest BCUT2D eigenvalue weighted by Gasteiger charge is -2.23. The number of thioether (sulfide) groups is 1. The lowest BCUT2D eigenvalue weighted by atomic mass is 10.1. The second-order valence-electron chi connectivity index (χ2n) is 4.40. The molecular formula is C11H17FN4S. The summed E-state index contributed by atoms with van der Waals surface area (Å²) in [6, 6.07) is 0. The minimum Gasteiger partial charge on any atom is -0.366 e. The number of anilines is 2. The van der Waals surface area contributed by atoms with Crippen LogP contribution in [0.5, 0.6) is 0 Å². The molecule has 17 heavy (non-hydrogen) atoms. The van der Waals surface area contributed by atoms with Gasteiger partial charge in [0.1, 0.15) is 0 Å². The van der Waals surface area contributed by atoms with E-state index < -0.39 is 5.82 Å². The third kappa shape index (κ3) is 3.00. The fourth-order valence-electron chi connectivity index (χ4n) is 1.86. The molecule has 1 atom stereocenters. The predicted octanol–water partition coefficient (Wildman–Crippen LogP) is 2.36. The molecule has 1 aromatic rings. The van der Waals surface area contributed by atoms with E-state index in [1.165, 1.54) is 18.4 Å². The van der Waals surface area contributed by atoms with Crippen LogP contribution in [-0.4, -0.2) is 34.1 Å². The fraction of sp³-hybridized carbons (Fsp3) is 0.636. The fourth-order valence-corrected chi connectivity index (χ4v) is 3.10. The number of hydrogen-bond acceptors (Lipinski definition) is 5. The van der Waals surface area contributed by atoms with Crippen molar-refractivity contribution in [3.05, 3.63) is 12.0 Å². The standard InChI is InChI=1S/C11H17FN4S/c1-11(4-3-5-17-11)7-15-9-8(12)6-14-10(13-2)16-9/h6H,3-5,7H2,1-2H3,(H2,13,14,15,16). The Kier molecular flexibility index (Phi) is 3.71. The third-order valence-corrected chi connectivity index (χ3v) is 4.44. The monoisotopic (exact) mass is 256 g/mol. The summed E-state index contributed by atoms with van der Waals surface area (Å²) in [5.74, 6) is 1.48. The molecule has 4 nitrogen and oxygen atoms in total. The summed E-state index contributed by atoms with van der Waals surface area (Å²) < 4.78 is 13.7. The maximum absolute atomic E-state index is 13.5. The van der Waals surface area contributed by atoms with Crippen LogP contribution >= 0.6 is 11.8 Å². The first-order valence-corrected chi connectivity index (χ1v) is 6.70. The zero-order valence-corrected chi connectivity index (χ0v) is 10.9. The largest absolute Gasteiger partial charge is 0.366 e. The van der Waals surface area contributed by atoms with Crippen molar-refractivity contribution in [3.63, 3.8) is 0 Å². The van der Waals surface area contributed by atoms with Crippen LogP contribution < -0.4 is 10.6 Å². The molecule has 0 aliphatic carbocycles. The number of nitrogens with one attached hydrogen (secondary N) is 2. The van der Waals surface area contributed by atoms with Crippen molar-refractivity contribution in [3.8, 4) is 0 Å². The van der Waals surface area contributed by atoms with Crippen LogP contribution in [0, 0.1) is 5.82 Å². The number of nitrogens with zero attached hydrogens (tertiary/aromatic N) is 2. The SMILES string of the molecule is CNc1ncc(F)c(NCC2(C)CCCS2)n1. The topological polar surface area (TPSA) is 49.8 Å². The smallest absolute Gasteiger partial charge is 0.224 e. The maximum atomic E-state index is 13.5. The van der Waals surface area contributed by atoms with Gasteiger partial charge in [0.25, 0.3) is 0 Å². The summed E-state index contributed by atoms with van der Waals surface area (Å²) in [5, 5.41) is 5.88. The van der Waals surface area contributed by atoms with Crippen LogP contribution in [0.25, 0.3) is 0 Å². The molecule has 1 aliphatic rings. The Morgan fingerprint density at radius 2 is 2.41 bits per heavy atom. The molecule has 1 aromatic heterocycles. The van der Waals surface area contributed by atoms with Gasteiger partial charge in [0.2, 0.25) is 5.95 Å². The molecule has 0 bridgehead atoms. The molecule has 1 aliphatic heterocycles. The Morgan fingerprint density at radius 3 is 3.06 bits per heavy atom. The van der Waals surface area contributed by atoms with Crippen LogP contribution in [0.15, 0.2) is 6.20 Å². The van der Waals surface area contributed by atoms with Gasteiger partial charge in [-0.25, -0.2) is 9.37 Å². The van der Waals surface area contributed by atoms with Gasteiger partial charge in [0.05, 0.1) is 6.20 Å². The Labute approximate surface area is 105 Å². The number of halogens is 1. The molecule has 0 aromatic carbocycles. The molecule has 2 heterocycles. The average molecular weight is 256 g/mol. The summed E-state index contributed by atoms with van der Waals surface area (Å²) in [6.45, 7) is 2.94. The molecule has 1 saturated heterocycles. The zero-order chi connectivity index (χ0) is 12.3. The van der Waals surface area contributed by atoms with Crippen molar-refractivity contribution >= 4 is 23.5 Å². The summed E-state index contributed by atoms with van der Waals surface area (Å²) >= 11 is 1.94. The average Bonchev–Trinajstić information content (AvgIpc) is 2.76. The summed E-state index contributed by atoms with van der Waals surface area (Å²) in [4.78, 5) is 7.88. The molecule has 1 fully saturated rings. The maximum Gasteiger partial charge on any atom is 0.224 e. The van der Waals surface area contributed by atoms with Crippen LogP contribution in [0.3, 0.4) is 0 Å². The number of aromatic nitrogens is 2. The third-order valence-electron chi connectivity index (χ3n) is 2.90. The minimum atomic E-state index is -0.407. The quantitative estimate of drug-likeness (QED) is 0.866. The second kappa shape index (κ2) is 5.08. The molecule has 0 radical (unpaired) electrons. The van der Waals surface area contributed by atoms with Crippen molar-refractivity contribution in [1.29, 1.82) is 0 Å².